The third kappa shape index (κ3) is 2.01. The quantitative estimate of drug-likeness (QED) is 0.812. The van der Waals surface area contributed by atoms with Crippen molar-refractivity contribution in [1.82, 2.24) is 19.3 Å². The van der Waals surface area contributed by atoms with Crippen LogP contribution in [-0.4, -0.2) is 19.3 Å². The molecule has 0 amide bonds. The van der Waals surface area contributed by atoms with Crippen LogP contribution in [0.2, 0.25) is 0 Å². The molecule has 80 valence electrons. The first-order valence-corrected chi connectivity index (χ1v) is 4.94. The predicted molar refractivity (Wildman–Crippen MR) is 58.3 cm³/mol. The molecule has 0 spiro atoms. The zero-order valence-corrected chi connectivity index (χ0v) is 9.01. The van der Waals surface area contributed by atoms with Gasteiger partial charge in [-0.25, -0.2) is 4.98 Å². The van der Waals surface area contributed by atoms with E-state index in [1.165, 1.54) is 0 Å². The molecule has 2 aromatic rings. The van der Waals surface area contributed by atoms with Crippen LogP contribution in [-0.2, 0) is 13.1 Å². The Morgan fingerprint density at radius 2 is 2.13 bits per heavy atom. The number of aromatic nitrogens is 4. The number of nitrogen functional groups attached to an aromatic ring is 1. The van der Waals surface area contributed by atoms with Crippen LogP contribution in [0.25, 0.3) is 0 Å². The number of hydrogen-bond acceptors (Lipinski definition) is 3. The average molecular weight is 205 g/mol. The lowest BCUT2D eigenvalue weighted by atomic mass is 10.4. The number of nitrogens with zero attached hydrogens (tertiary/aromatic N) is 4. The van der Waals surface area contributed by atoms with Crippen LogP contribution < -0.4 is 5.73 Å². The highest BCUT2D eigenvalue weighted by Crippen LogP contribution is 2.06. The Morgan fingerprint density at radius 1 is 1.33 bits per heavy atom. The molecule has 2 heterocycles. The lowest BCUT2D eigenvalue weighted by Crippen LogP contribution is -2.08. The van der Waals surface area contributed by atoms with Crippen LogP contribution >= 0.6 is 0 Å². The zero-order chi connectivity index (χ0) is 10.8. The minimum atomic E-state index is 0.609. The summed E-state index contributed by atoms with van der Waals surface area (Å²) in [7, 11) is 0. The summed E-state index contributed by atoms with van der Waals surface area (Å²) in [6, 6.07) is 0. The molecule has 0 aliphatic rings. The highest BCUT2D eigenvalue weighted by Gasteiger charge is 2.01. The molecular weight excluding hydrogens is 190 g/mol. The number of hydrogen-bond donors (Lipinski definition) is 1. The van der Waals surface area contributed by atoms with Crippen LogP contribution in [0.15, 0.2) is 18.6 Å². The van der Waals surface area contributed by atoms with E-state index in [1.54, 1.807) is 6.20 Å². The number of nitrogens with two attached hydrogens (primary N) is 1. The van der Waals surface area contributed by atoms with E-state index in [-0.39, 0.29) is 0 Å². The first kappa shape index (κ1) is 9.76. The van der Waals surface area contributed by atoms with E-state index >= 15 is 0 Å². The Labute approximate surface area is 88.5 Å². The van der Waals surface area contributed by atoms with Crippen molar-refractivity contribution in [3.05, 3.63) is 30.0 Å². The second-order valence-electron chi connectivity index (χ2n) is 3.63. The second-order valence-corrected chi connectivity index (χ2v) is 3.63. The molecule has 15 heavy (non-hydrogen) atoms. The minimum Gasteiger partial charge on any atom is -0.382 e. The maximum atomic E-state index is 5.67. The molecule has 0 saturated heterocycles. The van der Waals surface area contributed by atoms with E-state index in [2.05, 4.69) is 14.6 Å². The van der Waals surface area contributed by atoms with E-state index < -0.39 is 0 Å². The Kier molecular flexibility index (Phi) is 2.45. The molecule has 0 aliphatic heterocycles. The first-order chi connectivity index (χ1) is 7.16. The molecule has 2 N–H and O–H groups in total. The molecule has 2 aromatic heterocycles. The van der Waals surface area contributed by atoms with E-state index in [9.17, 15) is 0 Å². The van der Waals surface area contributed by atoms with Gasteiger partial charge in [-0.15, -0.1) is 0 Å². The van der Waals surface area contributed by atoms with Gasteiger partial charge in [0.25, 0.3) is 0 Å². The lowest BCUT2D eigenvalue weighted by molar-refractivity contribution is 0.527. The number of aryl methyl sites for hydroxylation is 4. The Bertz CT molecular complexity index is 435. The summed E-state index contributed by atoms with van der Waals surface area (Å²) >= 11 is 0. The van der Waals surface area contributed by atoms with Crippen molar-refractivity contribution in [1.29, 1.82) is 0 Å². The fraction of sp³-hybridized carbons (Fsp3) is 0.400. The zero-order valence-electron chi connectivity index (χ0n) is 9.01. The van der Waals surface area contributed by atoms with Gasteiger partial charge in [-0.05, 0) is 13.8 Å². The number of rotatable bonds is 3. The van der Waals surface area contributed by atoms with E-state index in [1.807, 2.05) is 30.9 Å². The molecule has 5 nitrogen and oxygen atoms in total. The van der Waals surface area contributed by atoms with Crippen molar-refractivity contribution in [3.63, 3.8) is 0 Å². The smallest absolute Gasteiger partial charge is 0.148 e. The molecule has 2 rings (SSSR count). The van der Waals surface area contributed by atoms with Crippen molar-refractivity contribution in [2.75, 3.05) is 5.73 Å². The van der Waals surface area contributed by atoms with Gasteiger partial charge in [0.05, 0.1) is 6.54 Å². The van der Waals surface area contributed by atoms with Crippen LogP contribution in [0.3, 0.4) is 0 Å². The third-order valence-corrected chi connectivity index (χ3v) is 2.48. The van der Waals surface area contributed by atoms with Crippen molar-refractivity contribution < 1.29 is 0 Å². The van der Waals surface area contributed by atoms with Gasteiger partial charge in [0, 0.05) is 30.7 Å². The van der Waals surface area contributed by atoms with Crippen LogP contribution in [0.5, 0.6) is 0 Å². The molecule has 0 bridgehead atoms. The topological polar surface area (TPSA) is 61.7 Å². The van der Waals surface area contributed by atoms with Crippen LogP contribution in [0, 0.1) is 13.8 Å². The molecule has 5 heteroatoms. The Hall–Kier alpha value is -1.78. The van der Waals surface area contributed by atoms with E-state index in [0.717, 1.165) is 24.5 Å². The maximum Gasteiger partial charge on any atom is 0.148 e. The number of anilines is 1. The van der Waals surface area contributed by atoms with Crippen molar-refractivity contribution in [2.24, 2.45) is 0 Å². The molecule has 0 unspecified atom stereocenters. The standard InChI is InChI=1S/C10H15N5/c1-8-7-15(13-10(8)11)6-5-14-4-3-12-9(14)2/h3-4,7H,5-6H2,1-2H3,(H2,11,13). The fourth-order valence-electron chi connectivity index (χ4n) is 1.50. The van der Waals surface area contributed by atoms with Gasteiger partial charge in [-0.3, -0.25) is 4.68 Å². The third-order valence-electron chi connectivity index (χ3n) is 2.48. The average Bonchev–Trinajstić information content (AvgIpc) is 2.72. The summed E-state index contributed by atoms with van der Waals surface area (Å²) in [5.41, 5.74) is 6.69. The summed E-state index contributed by atoms with van der Waals surface area (Å²) in [6.45, 7) is 5.63. The monoisotopic (exact) mass is 205 g/mol. The van der Waals surface area contributed by atoms with Crippen molar-refractivity contribution >= 4 is 5.82 Å². The number of imidazole rings is 1. The van der Waals surface area contributed by atoms with Gasteiger partial charge in [-0.2, -0.15) is 5.10 Å². The molecule has 0 aromatic carbocycles. The van der Waals surface area contributed by atoms with Gasteiger partial charge in [0.1, 0.15) is 11.6 Å². The summed E-state index contributed by atoms with van der Waals surface area (Å²) in [5.74, 6) is 1.63. The van der Waals surface area contributed by atoms with Gasteiger partial charge in [-0.1, -0.05) is 0 Å². The van der Waals surface area contributed by atoms with Gasteiger partial charge in [0.2, 0.25) is 0 Å². The largest absolute Gasteiger partial charge is 0.382 e. The summed E-state index contributed by atoms with van der Waals surface area (Å²) < 4.78 is 3.96. The molecule has 0 radical (unpaired) electrons. The molecule has 0 fully saturated rings. The maximum absolute atomic E-state index is 5.67. The Balaban J connectivity index is 2.02. The summed E-state index contributed by atoms with van der Waals surface area (Å²) in [6.07, 6.45) is 5.73. The predicted octanol–water partition coefficient (Wildman–Crippen LogP) is 0.979. The molecular formula is C10H15N5. The second kappa shape index (κ2) is 3.76. The lowest BCUT2D eigenvalue weighted by Gasteiger charge is -2.04. The van der Waals surface area contributed by atoms with Crippen LogP contribution in [0.4, 0.5) is 5.82 Å². The van der Waals surface area contributed by atoms with E-state index in [4.69, 9.17) is 5.73 Å². The minimum absolute atomic E-state index is 0.609. The van der Waals surface area contributed by atoms with E-state index in [0.29, 0.717) is 5.82 Å². The summed E-state index contributed by atoms with van der Waals surface area (Å²) in [5, 5.41) is 4.20. The van der Waals surface area contributed by atoms with Gasteiger partial charge >= 0.3 is 0 Å². The normalized spacial score (nSPS) is 10.8. The first-order valence-electron chi connectivity index (χ1n) is 4.94. The highest BCUT2D eigenvalue weighted by atomic mass is 15.3. The fourth-order valence-corrected chi connectivity index (χ4v) is 1.50. The Morgan fingerprint density at radius 3 is 2.67 bits per heavy atom. The van der Waals surface area contributed by atoms with Gasteiger partial charge < -0.3 is 10.3 Å². The summed E-state index contributed by atoms with van der Waals surface area (Å²) in [4.78, 5) is 4.16. The molecule has 0 saturated carbocycles. The van der Waals surface area contributed by atoms with Crippen LogP contribution in [0.1, 0.15) is 11.4 Å². The van der Waals surface area contributed by atoms with Crippen molar-refractivity contribution in [3.8, 4) is 0 Å². The highest BCUT2D eigenvalue weighted by molar-refractivity contribution is 5.35. The van der Waals surface area contributed by atoms with Crippen molar-refractivity contribution in [2.45, 2.75) is 26.9 Å². The van der Waals surface area contributed by atoms with Gasteiger partial charge in [0.15, 0.2) is 0 Å². The SMILES string of the molecule is Cc1cn(CCn2ccnc2C)nc1N. The molecule has 0 aliphatic carbocycles. The molecule has 0 atom stereocenters.